The Kier molecular flexibility index (Phi) is 3.17. The molecule has 1 fully saturated rings. The first kappa shape index (κ1) is 11.7. The number of carboxylic acid groups (broad SMARTS) is 1. The number of rotatable bonds is 5. The standard InChI is InChI=1S/C12H17N3O2/c1-2-15(7-8-3-4-8)11-9(13)5-6-10(14-11)12(16)17/h5-6,8H,2-4,7,13H2,1H3,(H,16,17). The molecule has 1 aromatic heterocycles. The molecule has 0 saturated heterocycles. The van der Waals surface area contributed by atoms with E-state index in [0.29, 0.717) is 17.4 Å². The van der Waals surface area contributed by atoms with Gasteiger partial charge >= 0.3 is 5.97 Å². The highest BCUT2D eigenvalue weighted by Crippen LogP contribution is 2.32. The summed E-state index contributed by atoms with van der Waals surface area (Å²) in [6.07, 6.45) is 2.49. The van der Waals surface area contributed by atoms with Crippen molar-refractivity contribution in [3.05, 3.63) is 17.8 Å². The molecule has 5 nitrogen and oxygen atoms in total. The Labute approximate surface area is 100 Å². The Hall–Kier alpha value is -1.78. The summed E-state index contributed by atoms with van der Waals surface area (Å²) >= 11 is 0. The van der Waals surface area contributed by atoms with Gasteiger partial charge in [-0.15, -0.1) is 0 Å². The van der Waals surface area contributed by atoms with Gasteiger partial charge in [-0.05, 0) is 37.8 Å². The highest BCUT2D eigenvalue weighted by atomic mass is 16.4. The fourth-order valence-corrected chi connectivity index (χ4v) is 1.81. The summed E-state index contributed by atoms with van der Waals surface area (Å²) in [6.45, 7) is 3.73. The van der Waals surface area contributed by atoms with Crippen LogP contribution in [0.5, 0.6) is 0 Å². The molecule has 1 aromatic rings. The summed E-state index contributed by atoms with van der Waals surface area (Å²) in [5, 5.41) is 8.93. The highest BCUT2D eigenvalue weighted by molar-refractivity contribution is 5.87. The van der Waals surface area contributed by atoms with Crippen molar-refractivity contribution in [1.29, 1.82) is 0 Å². The molecular weight excluding hydrogens is 218 g/mol. The number of nitrogen functional groups attached to an aromatic ring is 1. The van der Waals surface area contributed by atoms with Crippen molar-refractivity contribution < 1.29 is 9.90 Å². The van der Waals surface area contributed by atoms with Gasteiger partial charge in [-0.2, -0.15) is 0 Å². The van der Waals surface area contributed by atoms with Crippen molar-refractivity contribution in [1.82, 2.24) is 4.98 Å². The maximum absolute atomic E-state index is 10.9. The lowest BCUT2D eigenvalue weighted by Gasteiger charge is -2.23. The van der Waals surface area contributed by atoms with E-state index in [-0.39, 0.29) is 5.69 Å². The highest BCUT2D eigenvalue weighted by Gasteiger charge is 2.25. The van der Waals surface area contributed by atoms with Gasteiger partial charge in [0.1, 0.15) is 0 Å². The van der Waals surface area contributed by atoms with E-state index in [9.17, 15) is 4.79 Å². The Morgan fingerprint density at radius 3 is 2.82 bits per heavy atom. The quantitative estimate of drug-likeness (QED) is 0.810. The molecule has 92 valence electrons. The second kappa shape index (κ2) is 4.61. The van der Waals surface area contributed by atoms with Gasteiger partial charge in [-0.25, -0.2) is 9.78 Å². The summed E-state index contributed by atoms with van der Waals surface area (Å²) in [6, 6.07) is 3.05. The van der Waals surface area contributed by atoms with E-state index in [1.807, 2.05) is 6.92 Å². The summed E-state index contributed by atoms with van der Waals surface area (Å²) in [4.78, 5) is 17.1. The molecule has 0 amide bonds. The molecule has 0 radical (unpaired) electrons. The molecular formula is C12H17N3O2. The monoisotopic (exact) mass is 235 g/mol. The second-order valence-electron chi connectivity index (χ2n) is 4.40. The van der Waals surface area contributed by atoms with Crippen molar-refractivity contribution in [2.45, 2.75) is 19.8 Å². The van der Waals surface area contributed by atoms with Gasteiger partial charge in [0, 0.05) is 13.1 Å². The SMILES string of the molecule is CCN(CC1CC1)c1nc(C(=O)O)ccc1N. The number of nitrogens with zero attached hydrogens (tertiary/aromatic N) is 2. The van der Waals surface area contributed by atoms with Gasteiger partial charge in [-0.1, -0.05) is 0 Å². The van der Waals surface area contributed by atoms with Gasteiger partial charge < -0.3 is 15.7 Å². The minimum atomic E-state index is -1.02. The number of pyridine rings is 1. The number of carbonyl (C=O) groups is 1. The van der Waals surface area contributed by atoms with Gasteiger partial charge in [0.05, 0.1) is 5.69 Å². The van der Waals surface area contributed by atoms with Gasteiger partial charge in [0.15, 0.2) is 11.5 Å². The molecule has 2 rings (SSSR count). The molecule has 0 aliphatic heterocycles. The summed E-state index contributed by atoms with van der Waals surface area (Å²) in [7, 11) is 0. The van der Waals surface area contributed by atoms with E-state index in [1.54, 1.807) is 6.07 Å². The van der Waals surface area contributed by atoms with Crippen LogP contribution in [0.15, 0.2) is 12.1 Å². The Bertz CT molecular complexity index is 430. The zero-order chi connectivity index (χ0) is 12.4. The lowest BCUT2D eigenvalue weighted by molar-refractivity contribution is 0.0690. The van der Waals surface area contributed by atoms with Crippen LogP contribution in [-0.4, -0.2) is 29.1 Å². The van der Waals surface area contributed by atoms with E-state index in [0.717, 1.165) is 13.1 Å². The van der Waals surface area contributed by atoms with E-state index in [1.165, 1.54) is 18.9 Å². The van der Waals surface area contributed by atoms with Crippen LogP contribution in [-0.2, 0) is 0 Å². The van der Waals surface area contributed by atoms with E-state index >= 15 is 0 Å². The normalized spacial score (nSPS) is 14.6. The Morgan fingerprint density at radius 1 is 1.59 bits per heavy atom. The molecule has 1 aliphatic rings. The van der Waals surface area contributed by atoms with E-state index in [2.05, 4.69) is 9.88 Å². The number of anilines is 2. The first-order valence-electron chi connectivity index (χ1n) is 5.86. The van der Waals surface area contributed by atoms with Crippen LogP contribution in [0.1, 0.15) is 30.3 Å². The number of nitrogens with two attached hydrogens (primary N) is 1. The molecule has 17 heavy (non-hydrogen) atoms. The number of aromatic carboxylic acids is 1. The molecule has 1 heterocycles. The van der Waals surface area contributed by atoms with Crippen LogP contribution in [0.4, 0.5) is 11.5 Å². The molecule has 1 saturated carbocycles. The van der Waals surface area contributed by atoms with Crippen LogP contribution >= 0.6 is 0 Å². The number of hydrogen-bond acceptors (Lipinski definition) is 4. The molecule has 5 heteroatoms. The lowest BCUT2D eigenvalue weighted by Crippen LogP contribution is -2.27. The van der Waals surface area contributed by atoms with Crippen molar-refractivity contribution in [3.63, 3.8) is 0 Å². The largest absolute Gasteiger partial charge is 0.477 e. The molecule has 1 aliphatic carbocycles. The number of hydrogen-bond donors (Lipinski definition) is 2. The Morgan fingerprint density at radius 2 is 2.29 bits per heavy atom. The maximum atomic E-state index is 10.9. The third kappa shape index (κ3) is 2.67. The smallest absolute Gasteiger partial charge is 0.354 e. The second-order valence-corrected chi connectivity index (χ2v) is 4.40. The predicted octanol–water partition coefficient (Wildman–Crippen LogP) is 1.60. The Balaban J connectivity index is 2.26. The van der Waals surface area contributed by atoms with E-state index < -0.39 is 5.97 Å². The first-order valence-corrected chi connectivity index (χ1v) is 5.86. The zero-order valence-corrected chi connectivity index (χ0v) is 9.89. The number of carboxylic acids is 1. The maximum Gasteiger partial charge on any atom is 0.354 e. The molecule has 0 unspecified atom stereocenters. The predicted molar refractivity (Wildman–Crippen MR) is 66.2 cm³/mol. The molecule has 0 aromatic carbocycles. The lowest BCUT2D eigenvalue weighted by atomic mass is 10.3. The summed E-state index contributed by atoms with van der Waals surface area (Å²) < 4.78 is 0. The van der Waals surface area contributed by atoms with Crippen LogP contribution in [0.2, 0.25) is 0 Å². The van der Waals surface area contributed by atoms with Crippen molar-refractivity contribution in [2.24, 2.45) is 5.92 Å². The van der Waals surface area contributed by atoms with Crippen molar-refractivity contribution in [2.75, 3.05) is 23.7 Å². The third-order valence-electron chi connectivity index (χ3n) is 2.98. The van der Waals surface area contributed by atoms with Crippen molar-refractivity contribution in [3.8, 4) is 0 Å². The van der Waals surface area contributed by atoms with Gasteiger partial charge in [0.2, 0.25) is 0 Å². The molecule has 0 bridgehead atoms. The summed E-state index contributed by atoms with van der Waals surface area (Å²) in [5.41, 5.74) is 6.45. The topological polar surface area (TPSA) is 79.5 Å². The first-order chi connectivity index (χ1) is 8.11. The zero-order valence-electron chi connectivity index (χ0n) is 9.89. The fourth-order valence-electron chi connectivity index (χ4n) is 1.81. The minimum absolute atomic E-state index is 0.0449. The van der Waals surface area contributed by atoms with Crippen LogP contribution in [0, 0.1) is 5.92 Å². The van der Waals surface area contributed by atoms with E-state index in [4.69, 9.17) is 10.8 Å². The van der Waals surface area contributed by atoms with Crippen molar-refractivity contribution >= 4 is 17.5 Å². The molecule has 0 spiro atoms. The number of aromatic nitrogens is 1. The van der Waals surface area contributed by atoms with Gasteiger partial charge in [-0.3, -0.25) is 0 Å². The average molecular weight is 235 g/mol. The third-order valence-corrected chi connectivity index (χ3v) is 2.98. The summed E-state index contributed by atoms with van der Waals surface area (Å²) in [5.74, 6) is 0.289. The molecule has 0 atom stereocenters. The average Bonchev–Trinajstić information content (AvgIpc) is 3.10. The fraction of sp³-hybridized carbons (Fsp3) is 0.500. The van der Waals surface area contributed by atoms with Crippen LogP contribution < -0.4 is 10.6 Å². The van der Waals surface area contributed by atoms with Crippen LogP contribution in [0.25, 0.3) is 0 Å². The minimum Gasteiger partial charge on any atom is -0.477 e. The molecule has 3 N–H and O–H groups in total. The van der Waals surface area contributed by atoms with Gasteiger partial charge in [0.25, 0.3) is 0 Å². The van der Waals surface area contributed by atoms with Crippen LogP contribution in [0.3, 0.4) is 0 Å².